The van der Waals surface area contributed by atoms with Crippen LogP contribution in [-0.2, 0) is 14.8 Å². The minimum absolute atomic E-state index is 0.131. The van der Waals surface area contributed by atoms with E-state index in [4.69, 9.17) is 11.6 Å². The summed E-state index contributed by atoms with van der Waals surface area (Å²) >= 11 is 6.15. The Bertz CT molecular complexity index is 1000. The van der Waals surface area contributed by atoms with Crippen molar-refractivity contribution in [1.82, 2.24) is 4.31 Å². The van der Waals surface area contributed by atoms with E-state index in [2.05, 4.69) is 36.2 Å². The van der Waals surface area contributed by atoms with Gasteiger partial charge in [0.05, 0.1) is 15.6 Å². The van der Waals surface area contributed by atoms with Gasteiger partial charge in [-0.15, -0.1) is 0 Å². The Morgan fingerprint density at radius 2 is 1.75 bits per heavy atom. The van der Waals surface area contributed by atoms with Crippen LogP contribution in [0.2, 0.25) is 5.02 Å². The minimum atomic E-state index is -3.64. The number of hydrogen-bond acceptors (Lipinski definition) is 4. The maximum absolute atomic E-state index is 13.0. The molecular formula is C20H24ClN3O3S. The van der Waals surface area contributed by atoms with Crippen LogP contribution in [0.4, 0.5) is 11.4 Å². The summed E-state index contributed by atoms with van der Waals surface area (Å²) in [5.74, 6) is -0.264. The van der Waals surface area contributed by atoms with Gasteiger partial charge in [0.1, 0.15) is 0 Å². The third-order valence-corrected chi connectivity index (χ3v) is 7.25. The van der Waals surface area contributed by atoms with Gasteiger partial charge in [0, 0.05) is 38.8 Å². The van der Waals surface area contributed by atoms with Crippen LogP contribution in [0.1, 0.15) is 18.1 Å². The highest BCUT2D eigenvalue weighted by atomic mass is 35.5. The molecule has 1 amide bonds. The Morgan fingerprint density at radius 1 is 1.07 bits per heavy atom. The predicted molar refractivity (Wildman–Crippen MR) is 113 cm³/mol. The van der Waals surface area contributed by atoms with Gasteiger partial charge in [0.25, 0.3) is 0 Å². The molecule has 150 valence electrons. The minimum Gasteiger partial charge on any atom is -0.369 e. The zero-order chi connectivity index (χ0) is 20.5. The normalized spacial score (nSPS) is 15.5. The van der Waals surface area contributed by atoms with Gasteiger partial charge in [-0.3, -0.25) is 4.79 Å². The van der Waals surface area contributed by atoms with Crippen LogP contribution in [0.25, 0.3) is 0 Å². The molecule has 1 aliphatic rings. The average molecular weight is 422 g/mol. The molecule has 8 heteroatoms. The van der Waals surface area contributed by atoms with Crippen molar-refractivity contribution >= 4 is 38.9 Å². The zero-order valence-electron chi connectivity index (χ0n) is 16.2. The Balaban J connectivity index is 1.75. The van der Waals surface area contributed by atoms with E-state index in [1.165, 1.54) is 40.6 Å². The lowest BCUT2D eigenvalue weighted by molar-refractivity contribution is -0.114. The highest BCUT2D eigenvalue weighted by Gasteiger charge is 2.29. The summed E-state index contributed by atoms with van der Waals surface area (Å²) in [5.41, 5.74) is 3.99. The van der Waals surface area contributed by atoms with E-state index in [9.17, 15) is 13.2 Å². The van der Waals surface area contributed by atoms with Gasteiger partial charge in [-0.2, -0.15) is 4.31 Å². The van der Waals surface area contributed by atoms with Gasteiger partial charge >= 0.3 is 0 Å². The number of nitrogens with one attached hydrogen (secondary N) is 1. The van der Waals surface area contributed by atoms with E-state index < -0.39 is 10.0 Å². The number of benzene rings is 2. The number of carbonyl (C=O) groups is 1. The number of amides is 1. The fourth-order valence-electron chi connectivity index (χ4n) is 3.34. The molecule has 3 rings (SSSR count). The Kier molecular flexibility index (Phi) is 5.98. The predicted octanol–water partition coefficient (Wildman–Crippen LogP) is 3.43. The van der Waals surface area contributed by atoms with Crippen molar-refractivity contribution in [3.8, 4) is 0 Å². The van der Waals surface area contributed by atoms with Gasteiger partial charge in [-0.1, -0.05) is 23.7 Å². The van der Waals surface area contributed by atoms with Crippen LogP contribution >= 0.6 is 11.6 Å². The second-order valence-corrected chi connectivity index (χ2v) is 9.28. The van der Waals surface area contributed by atoms with Gasteiger partial charge < -0.3 is 10.2 Å². The topological polar surface area (TPSA) is 69.7 Å². The molecule has 0 bridgehead atoms. The first-order valence-corrected chi connectivity index (χ1v) is 10.9. The summed E-state index contributed by atoms with van der Waals surface area (Å²) < 4.78 is 27.5. The van der Waals surface area contributed by atoms with E-state index in [1.54, 1.807) is 0 Å². The lowest BCUT2D eigenvalue weighted by Gasteiger charge is -2.36. The molecule has 1 saturated heterocycles. The molecule has 1 N–H and O–H groups in total. The molecule has 1 fully saturated rings. The van der Waals surface area contributed by atoms with Crippen LogP contribution in [0.5, 0.6) is 0 Å². The number of rotatable bonds is 4. The zero-order valence-corrected chi connectivity index (χ0v) is 17.8. The number of carbonyl (C=O) groups excluding carboxylic acids is 1. The van der Waals surface area contributed by atoms with Crippen LogP contribution in [0, 0.1) is 13.8 Å². The van der Waals surface area contributed by atoms with Crippen molar-refractivity contribution in [1.29, 1.82) is 0 Å². The van der Waals surface area contributed by atoms with Crippen LogP contribution in [0.15, 0.2) is 41.3 Å². The highest BCUT2D eigenvalue weighted by molar-refractivity contribution is 7.89. The lowest BCUT2D eigenvalue weighted by Crippen LogP contribution is -2.48. The second kappa shape index (κ2) is 8.11. The molecule has 0 aliphatic carbocycles. The van der Waals surface area contributed by atoms with Crippen molar-refractivity contribution in [3.63, 3.8) is 0 Å². The highest BCUT2D eigenvalue weighted by Crippen LogP contribution is 2.29. The SMILES string of the molecule is CC(=O)Nc1ccc(S(=O)(=O)N2CCN(c3cccc(C)c3C)CC2)cc1Cl. The molecule has 1 aliphatic heterocycles. The number of sulfonamides is 1. The summed E-state index contributed by atoms with van der Waals surface area (Å²) in [6, 6.07) is 10.6. The van der Waals surface area contributed by atoms with Crippen LogP contribution < -0.4 is 10.2 Å². The number of aryl methyl sites for hydroxylation is 1. The van der Waals surface area contributed by atoms with E-state index >= 15 is 0 Å². The maximum atomic E-state index is 13.0. The van der Waals surface area contributed by atoms with Crippen molar-refractivity contribution < 1.29 is 13.2 Å². The van der Waals surface area contributed by atoms with E-state index in [0.29, 0.717) is 31.9 Å². The first-order chi connectivity index (χ1) is 13.2. The molecule has 0 saturated carbocycles. The van der Waals surface area contributed by atoms with Crippen molar-refractivity contribution in [3.05, 3.63) is 52.5 Å². The largest absolute Gasteiger partial charge is 0.369 e. The van der Waals surface area contributed by atoms with Gasteiger partial charge in [-0.05, 0) is 49.2 Å². The molecule has 0 atom stereocenters. The van der Waals surface area contributed by atoms with Crippen molar-refractivity contribution in [2.24, 2.45) is 0 Å². The molecule has 2 aromatic rings. The fraction of sp³-hybridized carbons (Fsp3) is 0.350. The van der Waals surface area contributed by atoms with Crippen LogP contribution in [-0.4, -0.2) is 44.8 Å². The molecule has 28 heavy (non-hydrogen) atoms. The van der Waals surface area contributed by atoms with E-state index in [1.807, 2.05) is 6.07 Å². The lowest BCUT2D eigenvalue weighted by atomic mass is 10.1. The average Bonchev–Trinajstić information content (AvgIpc) is 2.65. The van der Waals surface area contributed by atoms with Gasteiger partial charge in [0.15, 0.2) is 0 Å². The third-order valence-electron chi connectivity index (χ3n) is 5.04. The molecular weight excluding hydrogens is 398 g/mol. The first-order valence-electron chi connectivity index (χ1n) is 9.08. The Labute approximate surface area is 171 Å². The number of hydrogen-bond donors (Lipinski definition) is 1. The number of nitrogens with zero attached hydrogens (tertiary/aromatic N) is 2. The molecule has 2 aromatic carbocycles. The van der Waals surface area contributed by atoms with Crippen molar-refractivity contribution in [2.45, 2.75) is 25.7 Å². The smallest absolute Gasteiger partial charge is 0.243 e. The van der Waals surface area contributed by atoms with Gasteiger partial charge in [-0.25, -0.2) is 8.42 Å². The van der Waals surface area contributed by atoms with Crippen LogP contribution in [0.3, 0.4) is 0 Å². The Morgan fingerprint density at radius 3 is 2.36 bits per heavy atom. The molecule has 0 radical (unpaired) electrons. The fourth-order valence-corrected chi connectivity index (χ4v) is 5.09. The Hall–Kier alpha value is -2.09. The summed E-state index contributed by atoms with van der Waals surface area (Å²) in [5, 5.41) is 2.78. The quantitative estimate of drug-likeness (QED) is 0.821. The molecule has 0 spiro atoms. The molecule has 0 unspecified atom stereocenters. The summed E-state index contributed by atoms with van der Waals surface area (Å²) in [6.45, 7) is 7.60. The summed E-state index contributed by atoms with van der Waals surface area (Å²) in [7, 11) is -3.64. The maximum Gasteiger partial charge on any atom is 0.243 e. The van der Waals surface area contributed by atoms with E-state index in [0.717, 1.165) is 5.69 Å². The monoisotopic (exact) mass is 421 g/mol. The number of anilines is 2. The number of piperazine rings is 1. The molecule has 1 heterocycles. The van der Waals surface area contributed by atoms with Gasteiger partial charge in [0.2, 0.25) is 15.9 Å². The van der Waals surface area contributed by atoms with Crippen molar-refractivity contribution in [2.75, 3.05) is 36.4 Å². The van der Waals surface area contributed by atoms with E-state index in [-0.39, 0.29) is 15.8 Å². The summed E-state index contributed by atoms with van der Waals surface area (Å²) in [4.78, 5) is 13.5. The third kappa shape index (κ3) is 4.16. The second-order valence-electron chi connectivity index (χ2n) is 6.93. The molecule has 0 aromatic heterocycles. The standard InChI is InChI=1S/C20H24ClN3O3S/c1-14-5-4-6-20(15(14)2)23-9-11-24(12-10-23)28(26,27)17-7-8-19(18(21)13-17)22-16(3)25/h4-8,13H,9-12H2,1-3H3,(H,22,25). The summed E-state index contributed by atoms with van der Waals surface area (Å²) in [6.07, 6.45) is 0. The molecule has 6 nitrogen and oxygen atoms in total. The first kappa shape index (κ1) is 20.6. The number of halogens is 1.